The summed E-state index contributed by atoms with van der Waals surface area (Å²) in [6.07, 6.45) is 1.69. The van der Waals surface area contributed by atoms with E-state index < -0.39 is 0 Å². The topological polar surface area (TPSA) is 26.0 Å². The summed E-state index contributed by atoms with van der Waals surface area (Å²) in [6.45, 7) is 1.85. The van der Waals surface area contributed by atoms with E-state index in [1.807, 2.05) is 37.3 Å². The number of nitrogens with zero attached hydrogens (tertiary/aromatic N) is 1. The van der Waals surface area contributed by atoms with Crippen LogP contribution in [0.2, 0.25) is 0 Å². The Labute approximate surface area is 106 Å². The standard InChI is InChI=1S/C16H13NO/c1-12-17-16(11-18-12)15-9-5-8-14(10-15)13-6-3-2-4-7-13/h2-11H,1H3. The molecule has 88 valence electrons. The fraction of sp³-hybridized carbons (Fsp3) is 0.0625. The first-order chi connectivity index (χ1) is 8.83. The number of aromatic nitrogens is 1. The predicted octanol–water partition coefficient (Wildman–Crippen LogP) is 4.32. The first-order valence-corrected chi connectivity index (χ1v) is 5.91. The van der Waals surface area contributed by atoms with Crippen molar-refractivity contribution < 1.29 is 4.42 Å². The molecule has 18 heavy (non-hydrogen) atoms. The van der Waals surface area contributed by atoms with E-state index in [4.69, 9.17) is 4.42 Å². The molecule has 0 bridgehead atoms. The van der Waals surface area contributed by atoms with Crippen molar-refractivity contribution >= 4 is 0 Å². The van der Waals surface area contributed by atoms with Crippen molar-refractivity contribution in [2.75, 3.05) is 0 Å². The molecule has 0 aliphatic carbocycles. The van der Waals surface area contributed by atoms with Gasteiger partial charge < -0.3 is 4.42 Å². The number of aryl methyl sites for hydroxylation is 1. The summed E-state index contributed by atoms with van der Waals surface area (Å²) in [5, 5.41) is 0. The van der Waals surface area contributed by atoms with E-state index in [0.717, 1.165) is 11.3 Å². The van der Waals surface area contributed by atoms with Crippen molar-refractivity contribution in [1.29, 1.82) is 0 Å². The minimum atomic E-state index is 0.690. The number of hydrogen-bond acceptors (Lipinski definition) is 2. The van der Waals surface area contributed by atoms with Crippen LogP contribution >= 0.6 is 0 Å². The molecule has 2 aromatic carbocycles. The summed E-state index contributed by atoms with van der Waals surface area (Å²) in [5.74, 6) is 0.690. The van der Waals surface area contributed by atoms with Gasteiger partial charge in [0.25, 0.3) is 0 Å². The van der Waals surface area contributed by atoms with Gasteiger partial charge in [0.15, 0.2) is 5.89 Å². The molecule has 0 atom stereocenters. The molecule has 0 spiro atoms. The van der Waals surface area contributed by atoms with Gasteiger partial charge in [-0.3, -0.25) is 0 Å². The van der Waals surface area contributed by atoms with Crippen molar-refractivity contribution in [2.45, 2.75) is 6.92 Å². The van der Waals surface area contributed by atoms with Crippen molar-refractivity contribution in [1.82, 2.24) is 4.98 Å². The van der Waals surface area contributed by atoms with E-state index in [0.29, 0.717) is 5.89 Å². The maximum Gasteiger partial charge on any atom is 0.191 e. The molecule has 1 aromatic heterocycles. The van der Waals surface area contributed by atoms with Gasteiger partial charge in [0, 0.05) is 12.5 Å². The van der Waals surface area contributed by atoms with Crippen molar-refractivity contribution in [2.24, 2.45) is 0 Å². The Balaban J connectivity index is 2.05. The molecule has 0 N–H and O–H groups in total. The molecule has 0 radical (unpaired) electrons. The lowest BCUT2D eigenvalue weighted by atomic mass is 10.0. The highest BCUT2D eigenvalue weighted by molar-refractivity contribution is 5.70. The van der Waals surface area contributed by atoms with Gasteiger partial charge in [0.1, 0.15) is 12.0 Å². The summed E-state index contributed by atoms with van der Waals surface area (Å²) < 4.78 is 5.25. The largest absolute Gasteiger partial charge is 0.449 e. The van der Waals surface area contributed by atoms with Gasteiger partial charge in [-0.15, -0.1) is 0 Å². The Hall–Kier alpha value is -2.35. The molecular weight excluding hydrogens is 222 g/mol. The van der Waals surface area contributed by atoms with Gasteiger partial charge >= 0.3 is 0 Å². The second kappa shape index (κ2) is 4.49. The predicted molar refractivity (Wildman–Crippen MR) is 72.1 cm³/mol. The van der Waals surface area contributed by atoms with Crippen LogP contribution in [0.15, 0.2) is 65.3 Å². The van der Waals surface area contributed by atoms with E-state index in [2.05, 4.69) is 29.2 Å². The number of rotatable bonds is 2. The molecular formula is C16H13NO. The molecule has 0 fully saturated rings. The lowest BCUT2D eigenvalue weighted by Gasteiger charge is -2.03. The number of hydrogen-bond donors (Lipinski definition) is 0. The van der Waals surface area contributed by atoms with Crippen LogP contribution in [0.25, 0.3) is 22.4 Å². The van der Waals surface area contributed by atoms with Crippen LogP contribution in [-0.2, 0) is 0 Å². The van der Waals surface area contributed by atoms with E-state index in [9.17, 15) is 0 Å². The van der Waals surface area contributed by atoms with Crippen molar-refractivity contribution in [3.8, 4) is 22.4 Å². The Morgan fingerprint density at radius 2 is 1.56 bits per heavy atom. The molecule has 3 aromatic rings. The zero-order valence-electron chi connectivity index (χ0n) is 10.1. The summed E-state index contributed by atoms with van der Waals surface area (Å²) in [4.78, 5) is 4.35. The SMILES string of the molecule is Cc1nc(-c2cccc(-c3ccccc3)c2)co1. The minimum Gasteiger partial charge on any atom is -0.449 e. The average Bonchev–Trinajstić information content (AvgIpc) is 2.87. The zero-order chi connectivity index (χ0) is 12.4. The zero-order valence-corrected chi connectivity index (χ0v) is 10.1. The van der Waals surface area contributed by atoms with Gasteiger partial charge in [-0.1, -0.05) is 48.5 Å². The molecule has 0 aliphatic rings. The van der Waals surface area contributed by atoms with Gasteiger partial charge in [-0.05, 0) is 17.2 Å². The van der Waals surface area contributed by atoms with Crippen LogP contribution in [0, 0.1) is 6.92 Å². The van der Waals surface area contributed by atoms with Crippen molar-refractivity contribution in [3.63, 3.8) is 0 Å². The molecule has 0 saturated heterocycles. The third kappa shape index (κ3) is 2.05. The van der Waals surface area contributed by atoms with Gasteiger partial charge in [-0.2, -0.15) is 0 Å². The van der Waals surface area contributed by atoms with Gasteiger partial charge in [0.05, 0.1) is 0 Å². The van der Waals surface area contributed by atoms with Crippen LogP contribution in [0.3, 0.4) is 0 Å². The Kier molecular flexibility index (Phi) is 2.69. The molecule has 0 saturated carbocycles. The first-order valence-electron chi connectivity index (χ1n) is 5.91. The Morgan fingerprint density at radius 3 is 2.28 bits per heavy atom. The number of oxazole rings is 1. The molecule has 2 nitrogen and oxygen atoms in total. The highest BCUT2D eigenvalue weighted by Gasteiger charge is 2.04. The molecule has 3 rings (SSSR count). The molecule has 2 heteroatoms. The van der Waals surface area contributed by atoms with E-state index in [1.54, 1.807) is 6.26 Å². The molecule has 0 aliphatic heterocycles. The van der Waals surface area contributed by atoms with E-state index >= 15 is 0 Å². The summed E-state index contributed by atoms with van der Waals surface area (Å²) in [6, 6.07) is 18.6. The van der Waals surface area contributed by atoms with Crippen LogP contribution in [0.1, 0.15) is 5.89 Å². The lowest BCUT2D eigenvalue weighted by Crippen LogP contribution is -1.81. The lowest BCUT2D eigenvalue weighted by molar-refractivity contribution is 0.521. The fourth-order valence-corrected chi connectivity index (χ4v) is 1.98. The number of benzene rings is 2. The summed E-state index contributed by atoms with van der Waals surface area (Å²) in [5.41, 5.74) is 4.35. The summed E-state index contributed by atoms with van der Waals surface area (Å²) >= 11 is 0. The second-order valence-electron chi connectivity index (χ2n) is 4.20. The van der Waals surface area contributed by atoms with E-state index in [1.165, 1.54) is 11.1 Å². The van der Waals surface area contributed by atoms with Gasteiger partial charge in [-0.25, -0.2) is 4.98 Å². The molecule has 0 unspecified atom stereocenters. The fourth-order valence-electron chi connectivity index (χ4n) is 1.98. The first kappa shape index (κ1) is 10.8. The summed E-state index contributed by atoms with van der Waals surface area (Å²) in [7, 11) is 0. The van der Waals surface area contributed by atoms with Crippen LogP contribution in [0.4, 0.5) is 0 Å². The second-order valence-corrected chi connectivity index (χ2v) is 4.20. The van der Waals surface area contributed by atoms with Crippen LogP contribution < -0.4 is 0 Å². The maximum absolute atomic E-state index is 5.25. The van der Waals surface area contributed by atoms with Crippen molar-refractivity contribution in [3.05, 3.63) is 66.8 Å². The third-order valence-electron chi connectivity index (χ3n) is 2.88. The normalized spacial score (nSPS) is 10.5. The smallest absolute Gasteiger partial charge is 0.191 e. The molecule has 0 amide bonds. The Bertz CT molecular complexity index is 656. The highest BCUT2D eigenvalue weighted by Crippen LogP contribution is 2.25. The Morgan fingerprint density at radius 1 is 0.833 bits per heavy atom. The van der Waals surface area contributed by atoms with Crippen LogP contribution in [-0.4, -0.2) is 4.98 Å². The average molecular weight is 235 g/mol. The quantitative estimate of drug-likeness (QED) is 0.661. The minimum absolute atomic E-state index is 0.690. The van der Waals surface area contributed by atoms with Crippen LogP contribution in [0.5, 0.6) is 0 Å². The third-order valence-corrected chi connectivity index (χ3v) is 2.88. The maximum atomic E-state index is 5.25. The van der Waals surface area contributed by atoms with Gasteiger partial charge in [0.2, 0.25) is 0 Å². The monoisotopic (exact) mass is 235 g/mol. The van der Waals surface area contributed by atoms with E-state index in [-0.39, 0.29) is 0 Å². The highest BCUT2D eigenvalue weighted by atomic mass is 16.3. The molecule has 1 heterocycles.